The number of ether oxygens (including phenoxy) is 1. The minimum absolute atomic E-state index is 0.0356. The minimum Gasteiger partial charge on any atom is -0.449 e. The molecule has 33 heavy (non-hydrogen) atoms. The van der Waals surface area contributed by atoms with Crippen LogP contribution in [0.1, 0.15) is 29.0 Å². The Kier molecular flexibility index (Phi) is 5.61. The van der Waals surface area contributed by atoms with Gasteiger partial charge in [-0.25, -0.2) is 9.78 Å². The Bertz CT molecular complexity index is 1420. The molecule has 5 rings (SSSR count). The quantitative estimate of drug-likeness (QED) is 0.372. The van der Waals surface area contributed by atoms with Crippen molar-refractivity contribution in [1.29, 1.82) is 0 Å². The number of carbonyl (C=O) groups is 1. The fraction of sp³-hybridized carbons (Fsp3) is 0.148. The molecule has 2 N–H and O–H groups in total. The van der Waals surface area contributed by atoms with Crippen molar-refractivity contribution >= 4 is 17.0 Å². The molecule has 0 saturated heterocycles. The highest BCUT2D eigenvalue weighted by Gasteiger charge is 2.28. The van der Waals surface area contributed by atoms with Crippen LogP contribution in [0.25, 0.3) is 22.0 Å². The molecule has 0 fully saturated rings. The van der Waals surface area contributed by atoms with Gasteiger partial charge in [-0.1, -0.05) is 60.4 Å². The number of benzene rings is 3. The molecule has 0 atom stereocenters. The highest BCUT2D eigenvalue weighted by molar-refractivity contribution is 5.79. The zero-order chi connectivity index (χ0) is 22.6. The molecule has 1 aromatic heterocycles. The van der Waals surface area contributed by atoms with Crippen LogP contribution in [0.4, 0.5) is 4.79 Å². The van der Waals surface area contributed by atoms with Gasteiger partial charge in [0.1, 0.15) is 6.61 Å². The average molecular weight is 435 g/mol. The lowest BCUT2D eigenvalue weighted by atomic mass is 9.98. The van der Waals surface area contributed by atoms with Gasteiger partial charge in [-0.05, 0) is 40.5 Å². The number of amides is 1. The molecule has 0 unspecified atom stereocenters. The fourth-order valence-corrected chi connectivity index (χ4v) is 4.19. The van der Waals surface area contributed by atoms with Gasteiger partial charge in [0.05, 0.1) is 17.2 Å². The summed E-state index contributed by atoms with van der Waals surface area (Å²) >= 11 is 0. The number of hydrogen-bond acceptors (Lipinski definition) is 4. The Morgan fingerprint density at radius 1 is 1.03 bits per heavy atom. The fourth-order valence-electron chi connectivity index (χ4n) is 4.19. The van der Waals surface area contributed by atoms with Crippen molar-refractivity contribution < 1.29 is 9.53 Å². The van der Waals surface area contributed by atoms with Gasteiger partial charge in [-0.3, -0.25) is 4.79 Å². The van der Waals surface area contributed by atoms with Gasteiger partial charge in [-0.15, -0.1) is 0 Å². The second-order valence-electron chi connectivity index (χ2n) is 7.77. The summed E-state index contributed by atoms with van der Waals surface area (Å²) in [7, 11) is 0. The molecule has 6 nitrogen and oxygen atoms in total. The van der Waals surface area contributed by atoms with E-state index in [1.165, 1.54) is 28.6 Å². The summed E-state index contributed by atoms with van der Waals surface area (Å²) in [5.74, 6) is 6.06. The Labute approximate surface area is 190 Å². The van der Waals surface area contributed by atoms with Crippen molar-refractivity contribution in [2.45, 2.75) is 12.3 Å². The molecule has 1 amide bonds. The first-order chi connectivity index (χ1) is 16.2. The van der Waals surface area contributed by atoms with E-state index in [1.54, 1.807) is 12.1 Å². The Balaban J connectivity index is 1.15. The Hall–Kier alpha value is -4.37. The molecule has 4 aromatic rings. The van der Waals surface area contributed by atoms with Gasteiger partial charge in [0.15, 0.2) is 0 Å². The van der Waals surface area contributed by atoms with Gasteiger partial charge >= 0.3 is 6.09 Å². The van der Waals surface area contributed by atoms with Crippen molar-refractivity contribution in [1.82, 2.24) is 15.3 Å². The monoisotopic (exact) mass is 435 g/mol. The third-order valence-corrected chi connectivity index (χ3v) is 5.74. The number of aromatic nitrogens is 2. The first kappa shape index (κ1) is 20.5. The van der Waals surface area contributed by atoms with Crippen LogP contribution < -0.4 is 10.9 Å². The second-order valence-corrected chi connectivity index (χ2v) is 7.77. The highest BCUT2D eigenvalue weighted by Crippen LogP contribution is 2.44. The van der Waals surface area contributed by atoms with Crippen molar-refractivity contribution in [3.63, 3.8) is 0 Å². The second kappa shape index (κ2) is 9.01. The first-order valence-corrected chi connectivity index (χ1v) is 10.8. The molecule has 0 bridgehead atoms. The number of fused-ring (bicyclic) bond motifs is 4. The maximum atomic E-state index is 12.2. The maximum absolute atomic E-state index is 12.2. The smallest absolute Gasteiger partial charge is 0.407 e. The van der Waals surface area contributed by atoms with Crippen molar-refractivity contribution in [2.24, 2.45) is 0 Å². The average Bonchev–Trinajstić information content (AvgIpc) is 3.17. The van der Waals surface area contributed by atoms with E-state index < -0.39 is 6.09 Å². The van der Waals surface area contributed by atoms with E-state index in [0.717, 1.165) is 5.56 Å². The third-order valence-electron chi connectivity index (χ3n) is 5.74. The number of nitrogens with zero attached hydrogens (tertiary/aromatic N) is 1. The summed E-state index contributed by atoms with van der Waals surface area (Å²) < 4.78 is 5.52. The molecule has 0 spiro atoms. The van der Waals surface area contributed by atoms with Gasteiger partial charge in [0.2, 0.25) is 0 Å². The predicted molar refractivity (Wildman–Crippen MR) is 127 cm³/mol. The number of alkyl carbamates (subject to hydrolysis) is 1. The Morgan fingerprint density at radius 3 is 2.52 bits per heavy atom. The molecular weight excluding hydrogens is 414 g/mol. The molecular formula is C27H21N3O3. The van der Waals surface area contributed by atoms with E-state index in [2.05, 4.69) is 51.4 Å². The predicted octanol–water partition coefficient (Wildman–Crippen LogP) is 4.20. The number of hydrogen-bond donors (Lipinski definition) is 2. The largest absolute Gasteiger partial charge is 0.449 e. The molecule has 1 heterocycles. The van der Waals surface area contributed by atoms with Crippen molar-refractivity contribution in [3.05, 3.63) is 100 Å². The van der Waals surface area contributed by atoms with Crippen LogP contribution in [0.5, 0.6) is 0 Å². The SMILES string of the molecule is O=C(NCCC#Cc1ccc2nc[nH]c(=O)c2c1)OCC1c2ccccc2-c2ccccc21. The van der Waals surface area contributed by atoms with Crippen molar-refractivity contribution in [2.75, 3.05) is 13.2 Å². The molecule has 6 heteroatoms. The topological polar surface area (TPSA) is 84.1 Å². The van der Waals surface area contributed by atoms with Crippen LogP contribution in [0.15, 0.2) is 77.9 Å². The minimum atomic E-state index is -0.457. The van der Waals surface area contributed by atoms with Crippen LogP contribution in [-0.4, -0.2) is 29.2 Å². The van der Waals surface area contributed by atoms with E-state index in [0.29, 0.717) is 23.9 Å². The molecule has 0 aliphatic heterocycles. The molecule has 3 aromatic carbocycles. The van der Waals surface area contributed by atoms with Crippen LogP contribution in [-0.2, 0) is 4.74 Å². The third kappa shape index (κ3) is 4.21. The summed E-state index contributed by atoms with van der Waals surface area (Å²) in [5, 5.41) is 3.25. The van der Waals surface area contributed by atoms with E-state index in [-0.39, 0.29) is 18.1 Å². The van der Waals surface area contributed by atoms with Gasteiger partial charge in [-0.2, -0.15) is 0 Å². The zero-order valence-corrected chi connectivity index (χ0v) is 17.8. The summed E-state index contributed by atoms with van der Waals surface area (Å²) in [6.07, 6.45) is 1.39. The van der Waals surface area contributed by atoms with E-state index in [9.17, 15) is 9.59 Å². The Morgan fingerprint density at radius 2 is 1.76 bits per heavy atom. The lowest BCUT2D eigenvalue weighted by Gasteiger charge is -2.14. The standard InChI is InChI=1S/C27H21N3O3/c31-26-23-15-18(12-13-25(23)29-17-30-26)7-5-6-14-28-27(32)33-16-24-21-10-3-1-8-19(21)20-9-2-4-11-22(20)24/h1-4,8-13,15,17,24H,6,14,16H2,(H,28,32)(H,29,30,31). The molecule has 0 radical (unpaired) electrons. The molecule has 162 valence electrons. The first-order valence-electron chi connectivity index (χ1n) is 10.8. The van der Waals surface area contributed by atoms with Gasteiger partial charge < -0.3 is 15.0 Å². The van der Waals surface area contributed by atoms with E-state index in [1.807, 2.05) is 30.3 Å². The number of nitrogens with one attached hydrogen (secondary N) is 2. The molecule has 1 aliphatic rings. The van der Waals surface area contributed by atoms with Gasteiger partial charge in [0, 0.05) is 24.4 Å². The lowest BCUT2D eigenvalue weighted by molar-refractivity contribution is 0.143. The summed E-state index contributed by atoms with van der Waals surface area (Å²) in [6, 6.07) is 21.8. The van der Waals surface area contributed by atoms with Crippen LogP contribution in [0, 0.1) is 11.8 Å². The van der Waals surface area contributed by atoms with Crippen LogP contribution >= 0.6 is 0 Å². The van der Waals surface area contributed by atoms with E-state index >= 15 is 0 Å². The maximum Gasteiger partial charge on any atom is 0.407 e. The van der Waals surface area contributed by atoms with E-state index in [4.69, 9.17) is 4.74 Å². The normalized spacial score (nSPS) is 11.9. The van der Waals surface area contributed by atoms with Gasteiger partial charge in [0.25, 0.3) is 5.56 Å². The van der Waals surface area contributed by atoms with Crippen LogP contribution in [0.3, 0.4) is 0 Å². The molecule has 0 saturated carbocycles. The lowest BCUT2D eigenvalue weighted by Crippen LogP contribution is -2.26. The summed E-state index contributed by atoms with van der Waals surface area (Å²) in [5.41, 5.74) is 5.92. The highest BCUT2D eigenvalue weighted by atomic mass is 16.5. The number of rotatable bonds is 4. The van der Waals surface area contributed by atoms with Crippen molar-refractivity contribution in [3.8, 4) is 23.0 Å². The van der Waals surface area contributed by atoms with Crippen LogP contribution in [0.2, 0.25) is 0 Å². The zero-order valence-electron chi connectivity index (χ0n) is 17.8. The number of H-pyrrole nitrogens is 1. The summed E-state index contributed by atoms with van der Waals surface area (Å²) in [4.78, 5) is 30.8. The molecule has 1 aliphatic carbocycles. The summed E-state index contributed by atoms with van der Waals surface area (Å²) in [6.45, 7) is 0.657. The number of carbonyl (C=O) groups excluding carboxylic acids is 1. The number of aromatic amines is 1.